The second kappa shape index (κ2) is 7.47. The SMILES string of the molecule is CC(Sc1ccccc1C(=O)N1CCOC(C(N)=O)C1)C(=O)O. The predicted octanol–water partition coefficient (Wildman–Crippen LogP) is 0.578. The molecule has 2 unspecified atom stereocenters. The monoisotopic (exact) mass is 338 g/mol. The second-order valence-electron chi connectivity index (χ2n) is 5.11. The number of carboxylic acids is 1. The van der Waals surface area contributed by atoms with E-state index in [1.165, 1.54) is 4.90 Å². The predicted molar refractivity (Wildman–Crippen MR) is 84.2 cm³/mol. The van der Waals surface area contributed by atoms with Crippen LogP contribution in [0.5, 0.6) is 0 Å². The average molecular weight is 338 g/mol. The third-order valence-electron chi connectivity index (χ3n) is 3.44. The van der Waals surface area contributed by atoms with Crippen molar-refractivity contribution in [3.05, 3.63) is 29.8 Å². The van der Waals surface area contributed by atoms with E-state index in [0.717, 1.165) is 11.8 Å². The number of rotatable bonds is 5. The highest BCUT2D eigenvalue weighted by Gasteiger charge is 2.29. The quantitative estimate of drug-likeness (QED) is 0.760. The number of hydrogen-bond acceptors (Lipinski definition) is 5. The van der Waals surface area contributed by atoms with Crippen molar-refractivity contribution in [1.29, 1.82) is 0 Å². The van der Waals surface area contributed by atoms with Gasteiger partial charge in [-0.25, -0.2) is 0 Å². The molecule has 1 aliphatic rings. The molecule has 1 aromatic carbocycles. The summed E-state index contributed by atoms with van der Waals surface area (Å²) in [6, 6.07) is 6.82. The summed E-state index contributed by atoms with van der Waals surface area (Å²) < 4.78 is 5.23. The van der Waals surface area contributed by atoms with Crippen LogP contribution in [0, 0.1) is 0 Å². The van der Waals surface area contributed by atoms with E-state index < -0.39 is 23.2 Å². The Bertz CT molecular complexity index is 622. The number of carbonyl (C=O) groups excluding carboxylic acids is 2. The lowest BCUT2D eigenvalue weighted by atomic mass is 10.1. The fourth-order valence-electron chi connectivity index (χ4n) is 2.16. The fourth-order valence-corrected chi connectivity index (χ4v) is 3.08. The molecule has 0 aliphatic carbocycles. The van der Waals surface area contributed by atoms with Gasteiger partial charge in [-0.05, 0) is 19.1 Å². The zero-order chi connectivity index (χ0) is 17.0. The summed E-state index contributed by atoms with van der Waals surface area (Å²) >= 11 is 1.11. The first kappa shape index (κ1) is 17.3. The molecule has 8 heteroatoms. The average Bonchev–Trinajstić information content (AvgIpc) is 2.54. The molecule has 124 valence electrons. The molecule has 2 atom stereocenters. The number of ether oxygens (including phenoxy) is 1. The van der Waals surface area contributed by atoms with Crippen LogP contribution >= 0.6 is 11.8 Å². The minimum atomic E-state index is -0.947. The number of aliphatic carboxylic acids is 1. The van der Waals surface area contributed by atoms with Gasteiger partial charge in [-0.1, -0.05) is 12.1 Å². The lowest BCUT2D eigenvalue weighted by Gasteiger charge is -2.31. The standard InChI is InChI=1S/C15H18N2O5S/c1-9(15(20)21)23-12-5-3-2-4-10(12)14(19)17-6-7-22-11(8-17)13(16)18/h2-5,9,11H,6-8H2,1H3,(H2,16,18)(H,20,21). The maximum Gasteiger partial charge on any atom is 0.316 e. The molecule has 1 fully saturated rings. The van der Waals surface area contributed by atoms with Gasteiger partial charge >= 0.3 is 5.97 Å². The molecule has 3 N–H and O–H groups in total. The van der Waals surface area contributed by atoms with Crippen LogP contribution in [0.4, 0.5) is 0 Å². The largest absolute Gasteiger partial charge is 0.480 e. The van der Waals surface area contributed by atoms with E-state index in [1.54, 1.807) is 31.2 Å². The molecule has 2 rings (SSSR count). The van der Waals surface area contributed by atoms with Crippen LogP contribution in [0.25, 0.3) is 0 Å². The first-order valence-electron chi connectivity index (χ1n) is 7.09. The Morgan fingerprint density at radius 1 is 1.39 bits per heavy atom. The number of amides is 2. The number of benzene rings is 1. The fraction of sp³-hybridized carbons (Fsp3) is 0.400. The first-order chi connectivity index (χ1) is 10.9. The zero-order valence-corrected chi connectivity index (χ0v) is 13.4. The summed E-state index contributed by atoms with van der Waals surface area (Å²) in [5.74, 6) is -1.82. The molecule has 0 aromatic heterocycles. The van der Waals surface area contributed by atoms with E-state index in [4.69, 9.17) is 15.6 Å². The lowest BCUT2D eigenvalue weighted by molar-refractivity contribution is -0.136. The number of thioether (sulfide) groups is 1. The van der Waals surface area contributed by atoms with Gasteiger partial charge in [0.05, 0.1) is 18.7 Å². The molecule has 1 aliphatic heterocycles. The summed E-state index contributed by atoms with van der Waals surface area (Å²) in [6.07, 6.45) is -0.814. The van der Waals surface area contributed by atoms with Gasteiger partial charge in [-0.3, -0.25) is 14.4 Å². The van der Waals surface area contributed by atoms with Crippen LogP contribution < -0.4 is 5.73 Å². The molecule has 2 amide bonds. The third kappa shape index (κ3) is 4.23. The van der Waals surface area contributed by atoms with Crippen LogP contribution in [0.1, 0.15) is 17.3 Å². The van der Waals surface area contributed by atoms with Crippen molar-refractivity contribution >= 4 is 29.5 Å². The number of hydrogen-bond donors (Lipinski definition) is 2. The van der Waals surface area contributed by atoms with Gasteiger partial charge in [-0.2, -0.15) is 0 Å². The van der Waals surface area contributed by atoms with Gasteiger partial charge in [0, 0.05) is 11.4 Å². The Balaban J connectivity index is 2.19. The number of carbonyl (C=O) groups is 3. The van der Waals surface area contributed by atoms with E-state index >= 15 is 0 Å². The highest BCUT2D eigenvalue weighted by atomic mass is 32.2. The van der Waals surface area contributed by atoms with Gasteiger partial charge in [0.25, 0.3) is 5.91 Å². The number of carboxylic acid groups (broad SMARTS) is 1. The maximum atomic E-state index is 12.7. The topological polar surface area (TPSA) is 110 Å². The van der Waals surface area contributed by atoms with E-state index in [2.05, 4.69) is 0 Å². The van der Waals surface area contributed by atoms with E-state index in [0.29, 0.717) is 17.0 Å². The summed E-state index contributed by atoms with van der Waals surface area (Å²) in [4.78, 5) is 37.1. The lowest BCUT2D eigenvalue weighted by Crippen LogP contribution is -2.50. The molecule has 1 heterocycles. The molecular formula is C15H18N2O5S. The van der Waals surface area contributed by atoms with Gasteiger partial charge in [0.2, 0.25) is 5.91 Å². The van der Waals surface area contributed by atoms with E-state index in [9.17, 15) is 14.4 Å². The Labute approximate surface area is 137 Å². The van der Waals surface area contributed by atoms with Gasteiger partial charge in [0.15, 0.2) is 6.10 Å². The molecule has 1 aromatic rings. The molecule has 23 heavy (non-hydrogen) atoms. The maximum absolute atomic E-state index is 12.7. The summed E-state index contributed by atoms with van der Waals surface area (Å²) in [5, 5.41) is 8.36. The third-order valence-corrected chi connectivity index (χ3v) is 4.61. The van der Waals surface area contributed by atoms with Crippen LogP contribution in [0.15, 0.2) is 29.2 Å². The normalized spacial score (nSPS) is 19.2. The molecule has 0 bridgehead atoms. The van der Waals surface area contributed by atoms with Gasteiger partial charge in [-0.15, -0.1) is 11.8 Å². The number of morpholine rings is 1. The molecule has 0 radical (unpaired) electrons. The second-order valence-corrected chi connectivity index (χ2v) is 6.49. The number of primary amides is 1. The first-order valence-corrected chi connectivity index (χ1v) is 7.96. The van der Waals surface area contributed by atoms with Crippen molar-refractivity contribution in [2.75, 3.05) is 19.7 Å². The minimum Gasteiger partial charge on any atom is -0.480 e. The van der Waals surface area contributed by atoms with Crippen LogP contribution in [-0.4, -0.2) is 58.8 Å². The number of nitrogens with zero attached hydrogens (tertiary/aromatic N) is 1. The van der Waals surface area contributed by atoms with Crippen LogP contribution in [-0.2, 0) is 14.3 Å². The molecular weight excluding hydrogens is 320 g/mol. The summed E-state index contributed by atoms with van der Waals surface area (Å²) in [5.41, 5.74) is 5.64. The minimum absolute atomic E-state index is 0.0989. The zero-order valence-electron chi connectivity index (χ0n) is 12.6. The molecule has 7 nitrogen and oxygen atoms in total. The van der Waals surface area contributed by atoms with Crippen LogP contribution in [0.2, 0.25) is 0 Å². The molecule has 0 spiro atoms. The highest BCUT2D eigenvalue weighted by Crippen LogP contribution is 2.28. The summed E-state index contributed by atoms with van der Waals surface area (Å²) in [7, 11) is 0. The van der Waals surface area contributed by atoms with Crippen molar-refractivity contribution in [1.82, 2.24) is 4.90 Å². The Hall–Kier alpha value is -2.06. The van der Waals surface area contributed by atoms with Gasteiger partial charge < -0.3 is 20.5 Å². The Morgan fingerprint density at radius 2 is 2.09 bits per heavy atom. The Morgan fingerprint density at radius 3 is 2.74 bits per heavy atom. The van der Waals surface area contributed by atoms with Crippen molar-refractivity contribution in [3.63, 3.8) is 0 Å². The van der Waals surface area contributed by atoms with Crippen molar-refractivity contribution in [3.8, 4) is 0 Å². The molecule has 0 saturated carbocycles. The van der Waals surface area contributed by atoms with Crippen molar-refractivity contribution < 1.29 is 24.2 Å². The smallest absolute Gasteiger partial charge is 0.316 e. The van der Waals surface area contributed by atoms with Crippen molar-refractivity contribution in [2.24, 2.45) is 5.73 Å². The highest BCUT2D eigenvalue weighted by molar-refractivity contribution is 8.00. The Kier molecular flexibility index (Phi) is 5.62. The van der Waals surface area contributed by atoms with Crippen LogP contribution in [0.3, 0.4) is 0 Å². The van der Waals surface area contributed by atoms with E-state index in [-0.39, 0.29) is 19.1 Å². The van der Waals surface area contributed by atoms with Gasteiger partial charge in [0.1, 0.15) is 5.25 Å². The summed E-state index contributed by atoms with van der Waals surface area (Å²) in [6.45, 7) is 2.25. The molecule has 1 saturated heterocycles. The van der Waals surface area contributed by atoms with E-state index in [1.807, 2.05) is 0 Å². The van der Waals surface area contributed by atoms with Crippen molar-refractivity contribution in [2.45, 2.75) is 23.2 Å². The number of nitrogens with two attached hydrogens (primary N) is 1.